The zero-order valence-corrected chi connectivity index (χ0v) is 8.69. The van der Waals surface area contributed by atoms with Crippen LogP contribution in [0.4, 0.5) is 0 Å². The highest BCUT2D eigenvalue weighted by molar-refractivity contribution is 5.35. The second-order valence-electron chi connectivity index (χ2n) is 4.05. The molecule has 0 saturated heterocycles. The number of imidazole rings is 1. The van der Waals surface area contributed by atoms with Crippen LogP contribution in [-0.2, 0) is 12.8 Å². The maximum absolute atomic E-state index is 4.50. The molecule has 0 unspecified atom stereocenters. The van der Waals surface area contributed by atoms with Crippen LogP contribution in [0.1, 0.15) is 24.2 Å². The van der Waals surface area contributed by atoms with E-state index in [0.29, 0.717) is 0 Å². The van der Waals surface area contributed by atoms with Gasteiger partial charge in [0.1, 0.15) is 0 Å². The Morgan fingerprint density at radius 2 is 1.80 bits per heavy atom. The van der Waals surface area contributed by atoms with Crippen molar-refractivity contribution < 1.29 is 0 Å². The molecular formula is C13H14N2. The van der Waals surface area contributed by atoms with Crippen molar-refractivity contribution in [2.75, 3.05) is 0 Å². The summed E-state index contributed by atoms with van der Waals surface area (Å²) in [6.07, 6.45) is 6.87. The lowest BCUT2D eigenvalue weighted by atomic mass is 10.0. The Morgan fingerprint density at radius 1 is 1.00 bits per heavy atom. The Labute approximate surface area is 89.6 Å². The molecule has 0 radical (unpaired) electrons. The number of nitrogens with zero attached hydrogens (tertiary/aromatic N) is 2. The second-order valence-corrected chi connectivity index (χ2v) is 4.05. The molecule has 1 aromatic heterocycles. The van der Waals surface area contributed by atoms with Crippen molar-refractivity contribution in [3.8, 4) is 5.69 Å². The number of fused-ring (bicyclic) bond motifs is 1. The monoisotopic (exact) mass is 198 g/mol. The second kappa shape index (κ2) is 3.54. The zero-order chi connectivity index (χ0) is 10.1. The lowest BCUT2D eigenvalue weighted by Gasteiger charge is -2.13. The van der Waals surface area contributed by atoms with Crippen LogP contribution >= 0.6 is 0 Å². The first-order valence-corrected chi connectivity index (χ1v) is 5.56. The summed E-state index contributed by atoms with van der Waals surface area (Å²) in [7, 11) is 0. The summed E-state index contributed by atoms with van der Waals surface area (Å²) in [5.74, 6) is 0. The van der Waals surface area contributed by atoms with Gasteiger partial charge in [0.25, 0.3) is 0 Å². The third kappa shape index (κ3) is 1.46. The number of rotatable bonds is 1. The van der Waals surface area contributed by atoms with Crippen molar-refractivity contribution in [2.45, 2.75) is 25.7 Å². The van der Waals surface area contributed by atoms with E-state index in [9.17, 15) is 0 Å². The first-order chi connectivity index (χ1) is 7.45. The molecule has 0 fully saturated rings. The van der Waals surface area contributed by atoms with Gasteiger partial charge in [0, 0.05) is 11.4 Å². The first-order valence-electron chi connectivity index (χ1n) is 5.56. The van der Waals surface area contributed by atoms with Gasteiger partial charge in [-0.1, -0.05) is 18.2 Å². The van der Waals surface area contributed by atoms with Crippen LogP contribution in [0.3, 0.4) is 0 Å². The third-order valence-corrected chi connectivity index (χ3v) is 3.06. The molecule has 0 spiro atoms. The van der Waals surface area contributed by atoms with Crippen LogP contribution in [-0.4, -0.2) is 9.55 Å². The van der Waals surface area contributed by atoms with Crippen LogP contribution in [0.25, 0.3) is 5.69 Å². The van der Waals surface area contributed by atoms with E-state index in [1.165, 1.54) is 36.3 Å². The minimum Gasteiger partial charge on any atom is -0.303 e. The summed E-state index contributed by atoms with van der Waals surface area (Å²) >= 11 is 0. The van der Waals surface area contributed by atoms with Gasteiger partial charge in [0.05, 0.1) is 12.0 Å². The van der Waals surface area contributed by atoms with Crippen LogP contribution < -0.4 is 0 Å². The van der Waals surface area contributed by atoms with Crippen molar-refractivity contribution >= 4 is 0 Å². The molecule has 2 aromatic rings. The highest BCUT2D eigenvalue weighted by atomic mass is 15.1. The number of hydrogen-bond donors (Lipinski definition) is 0. The fourth-order valence-electron chi connectivity index (χ4n) is 2.28. The third-order valence-electron chi connectivity index (χ3n) is 3.06. The molecule has 0 bridgehead atoms. The Hall–Kier alpha value is -1.57. The molecule has 2 nitrogen and oxygen atoms in total. The first kappa shape index (κ1) is 8.72. The number of para-hydroxylation sites is 1. The molecule has 0 amide bonds. The predicted molar refractivity (Wildman–Crippen MR) is 60.2 cm³/mol. The maximum Gasteiger partial charge on any atom is 0.0997 e. The number of hydrogen-bond acceptors (Lipinski definition) is 1. The van der Waals surface area contributed by atoms with E-state index < -0.39 is 0 Å². The molecule has 15 heavy (non-hydrogen) atoms. The Balaban J connectivity index is 2.09. The Bertz CT molecular complexity index is 457. The molecule has 0 aliphatic heterocycles. The van der Waals surface area contributed by atoms with Gasteiger partial charge in [-0.05, 0) is 37.8 Å². The number of benzene rings is 1. The van der Waals surface area contributed by atoms with E-state index in [1.54, 1.807) is 0 Å². The summed E-state index contributed by atoms with van der Waals surface area (Å²) in [4.78, 5) is 4.50. The molecular weight excluding hydrogens is 184 g/mol. The summed E-state index contributed by atoms with van der Waals surface area (Å²) in [5, 5.41) is 0. The van der Waals surface area contributed by atoms with E-state index in [0.717, 1.165) is 6.42 Å². The van der Waals surface area contributed by atoms with Gasteiger partial charge in [-0.3, -0.25) is 0 Å². The van der Waals surface area contributed by atoms with Crippen molar-refractivity contribution in [3.05, 3.63) is 48.0 Å². The average molecular weight is 198 g/mol. The van der Waals surface area contributed by atoms with Gasteiger partial charge in [0.2, 0.25) is 0 Å². The van der Waals surface area contributed by atoms with Crippen LogP contribution in [0.2, 0.25) is 0 Å². The maximum atomic E-state index is 4.50. The average Bonchev–Trinajstić information content (AvgIpc) is 2.74. The molecule has 1 aliphatic carbocycles. The van der Waals surface area contributed by atoms with Gasteiger partial charge in [-0.15, -0.1) is 0 Å². The van der Waals surface area contributed by atoms with Crippen molar-refractivity contribution in [1.29, 1.82) is 0 Å². The highest BCUT2D eigenvalue weighted by Crippen LogP contribution is 2.22. The van der Waals surface area contributed by atoms with Crippen LogP contribution in [0.15, 0.2) is 36.7 Å². The summed E-state index contributed by atoms with van der Waals surface area (Å²) < 4.78 is 2.23. The van der Waals surface area contributed by atoms with E-state index in [-0.39, 0.29) is 0 Å². The van der Waals surface area contributed by atoms with Gasteiger partial charge in [0.15, 0.2) is 0 Å². The van der Waals surface area contributed by atoms with Gasteiger partial charge >= 0.3 is 0 Å². The standard InChI is InChI=1S/C13H14N2/c1-2-6-11(7-3-1)15-10-14-12-8-4-5-9-13(12)15/h1-3,6-7,10H,4-5,8-9H2. The Kier molecular flexibility index (Phi) is 2.05. The SMILES string of the molecule is c1ccc(-n2cnc3c2CCCC3)cc1. The van der Waals surface area contributed by atoms with E-state index in [4.69, 9.17) is 0 Å². The molecule has 0 atom stereocenters. The normalized spacial score (nSPS) is 14.9. The van der Waals surface area contributed by atoms with Crippen LogP contribution in [0.5, 0.6) is 0 Å². The van der Waals surface area contributed by atoms with Crippen molar-refractivity contribution in [3.63, 3.8) is 0 Å². The van der Waals surface area contributed by atoms with Gasteiger partial charge in [-0.2, -0.15) is 0 Å². The highest BCUT2D eigenvalue weighted by Gasteiger charge is 2.15. The largest absolute Gasteiger partial charge is 0.303 e. The number of aryl methyl sites for hydroxylation is 1. The van der Waals surface area contributed by atoms with E-state index in [2.05, 4.69) is 33.8 Å². The van der Waals surface area contributed by atoms with Gasteiger partial charge in [-0.25, -0.2) is 4.98 Å². The smallest absolute Gasteiger partial charge is 0.0997 e. The molecule has 1 aliphatic rings. The van der Waals surface area contributed by atoms with Gasteiger partial charge < -0.3 is 4.57 Å². The minimum absolute atomic E-state index is 1.15. The lowest BCUT2D eigenvalue weighted by molar-refractivity contribution is 0.656. The quantitative estimate of drug-likeness (QED) is 0.689. The molecule has 0 saturated carbocycles. The fraction of sp³-hybridized carbons (Fsp3) is 0.308. The molecule has 2 heteroatoms. The lowest BCUT2D eigenvalue weighted by Crippen LogP contribution is -2.06. The summed E-state index contributed by atoms with van der Waals surface area (Å²) in [6.45, 7) is 0. The molecule has 1 heterocycles. The molecule has 1 aromatic carbocycles. The van der Waals surface area contributed by atoms with E-state index in [1.807, 2.05) is 12.4 Å². The summed E-state index contributed by atoms with van der Waals surface area (Å²) in [5.41, 5.74) is 3.94. The minimum atomic E-state index is 1.15. The fourth-order valence-corrected chi connectivity index (χ4v) is 2.28. The zero-order valence-electron chi connectivity index (χ0n) is 8.69. The van der Waals surface area contributed by atoms with Crippen LogP contribution in [0, 0.1) is 0 Å². The molecule has 76 valence electrons. The van der Waals surface area contributed by atoms with Crippen molar-refractivity contribution in [1.82, 2.24) is 9.55 Å². The topological polar surface area (TPSA) is 17.8 Å². The van der Waals surface area contributed by atoms with E-state index >= 15 is 0 Å². The Morgan fingerprint density at radius 3 is 2.67 bits per heavy atom. The number of aromatic nitrogens is 2. The predicted octanol–water partition coefficient (Wildman–Crippen LogP) is 2.75. The molecule has 0 N–H and O–H groups in total. The molecule has 3 rings (SSSR count). The summed E-state index contributed by atoms with van der Waals surface area (Å²) in [6, 6.07) is 10.5. The van der Waals surface area contributed by atoms with Crippen molar-refractivity contribution in [2.24, 2.45) is 0 Å².